The second kappa shape index (κ2) is 12.2. The highest BCUT2D eigenvalue weighted by Gasteiger charge is 2.22. The van der Waals surface area contributed by atoms with Crippen LogP contribution in [0, 0.1) is 0 Å². The van der Waals surface area contributed by atoms with Crippen molar-refractivity contribution in [3.8, 4) is 11.5 Å². The van der Waals surface area contributed by atoms with Crippen LogP contribution in [-0.4, -0.2) is 50.1 Å². The van der Waals surface area contributed by atoms with Gasteiger partial charge in [-0.2, -0.15) is 11.8 Å². The van der Waals surface area contributed by atoms with Crippen LogP contribution in [0.15, 0.2) is 36.4 Å². The highest BCUT2D eigenvalue weighted by Crippen LogP contribution is 2.29. The molecule has 0 unspecified atom stereocenters. The lowest BCUT2D eigenvalue weighted by atomic mass is 10.1. The van der Waals surface area contributed by atoms with E-state index in [0.29, 0.717) is 35.9 Å². The van der Waals surface area contributed by atoms with Crippen LogP contribution in [0.4, 0.5) is 11.4 Å². The van der Waals surface area contributed by atoms with Crippen molar-refractivity contribution in [3.05, 3.63) is 47.5 Å². The SMILES string of the molecule is CCOc1cc(CNc2cccc(C(=O)N3CCCC3)c2N)ccc1OC.CSC. The first-order valence-electron chi connectivity index (χ1n) is 10.2. The summed E-state index contributed by atoms with van der Waals surface area (Å²) >= 11 is 1.75. The number of para-hydroxylation sites is 1. The number of nitrogens with zero attached hydrogens (tertiary/aromatic N) is 1. The average Bonchev–Trinajstić information content (AvgIpc) is 3.28. The van der Waals surface area contributed by atoms with Gasteiger partial charge in [-0.25, -0.2) is 0 Å². The van der Waals surface area contributed by atoms with Crippen molar-refractivity contribution in [1.82, 2.24) is 4.90 Å². The summed E-state index contributed by atoms with van der Waals surface area (Å²) in [6, 6.07) is 11.4. The van der Waals surface area contributed by atoms with Crippen molar-refractivity contribution >= 4 is 29.0 Å². The average molecular weight is 432 g/mol. The molecule has 0 aromatic heterocycles. The van der Waals surface area contributed by atoms with E-state index in [0.717, 1.165) is 37.2 Å². The van der Waals surface area contributed by atoms with Crippen LogP contribution in [0.2, 0.25) is 0 Å². The van der Waals surface area contributed by atoms with E-state index in [1.165, 1.54) is 0 Å². The zero-order valence-electron chi connectivity index (χ0n) is 18.4. The molecule has 6 nitrogen and oxygen atoms in total. The molecule has 1 aliphatic rings. The number of anilines is 2. The molecule has 0 bridgehead atoms. The Labute approximate surface area is 184 Å². The summed E-state index contributed by atoms with van der Waals surface area (Å²) in [4.78, 5) is 14.5. The summed E-state index contributed by atoms with van der Waals surface area (Å²) in [5, 5.41) is 3.33. The predicted molar refractivity (Wildman–Crippen MR) is 127 cm³/mol. The number of thioether (sulfide) groups is 1. The number of amides is 1. The predicted octanol–water partition coefficient (Wildman–Crippen LogP) is 4.50. The molecule has 3 rings (SSSR count). The maximum absolute atomic E-state index is 12.7. The molecule has 0 spiro atoms. The first-order valence-corrected chi connectivity index (χ1v) is 11.8. The van der Waals surface area contributed by atoms with Crippen LogP contribution in [0.3, 0.4) is 0 Å². The van der Waals surface area contributed by atoms with Gasteiger partial charge < -0.3 is 25.4 Å². The highest BCUT2D eigenvalue weighted by atomic mass is 32.2. The molecule has 0 aliphatic carbocycles. The summed E-state index contributed by atoms with van der Waals surface area (Å²) in [5.74, 6) is 1.43. The lowest BCUT2D eigenvalue weighted by molar-refractivity contribution is 0.0794. The summed E-state index contributed by atoms with van der Waals surface area (Å²) < 4.78 is 10.9. The molecule has 0 radical (unpaired) electrons. The van der Waals surface area contributed by atoms with E-state index in [1.807, 2.05) is 54.7 Å². The minimum absolute atomic E-state index is 0.0109. The second-order valence-electron chi connectivity index (χ2n) is 6.95. The molecular formula is C23H33N3O3S. The van der Waals surface area contributed by atoms with Gasteiger partial charge in [0.05, 0.1) is 30.7 Å². The number of carbonyl (C=O) groups is 1. The highest BCUT2D eigenvalue weighted by molar-refractivity contribution is 7.97. The van der Waals surface area contributed by atoms with Crippen molar-refractivity contribution in [3.63, 3.8) is 0 Å². The number of benzene rings is 2. The maximum atomic E-state index is 12.7. The lowest BCUT2D eigenvalue weighted by Gasteiger charge is -2.18. The van der Waals surface area contributed by atoms with Crippen molar-refractivity contribution in [1.29, 1.82) is 0 Å². The molecule has 1 fully saturated rings. The van der Waals surface area contributed by atoms with E-state index in [-0.39, 0.29) is 5.91 Å². The van der Waals surface area contributed by atoms with Gasteiger partial charge in [0.2, 0.25) is 0 Å². The molecule has 0 atom stereocenters. The smallest absolute Gasteiger partial charge is 0.256 e. The van der Waals surface area contributed by atoms with E-state index >= 15 is 0 Å². The van der Waals surface area contributed by atoms with Crippen LogP contribution < -0.4 is 20.5 Å². The fourth-order valence-electron chi connectivity index (χ4n) is 3.29. The number of methoxy groups -OCH3 is 1. The first kappa shape index (κ1) is 23.7. The fraction of sp³-hybridized carbons (Fsp3) is 0.435. The quantitative estimate of drug-likeness (QED) is 0.629. The second-order valence-corrected chi connectivity index (χ2v) is 7.76. The number of likely N-dealkylation sites (tertiary alicyclic amines) is 1. The van der Waals surface area contributed by atoms with E-state index in [4.69, 9.17) is 15.2 Å². The molecule has 164 valence electrons. The van der Waals surface area contributed by atoms with Crippen LogP contribution in [0.1, 0.15) is 35.7 Å². The Morgan fingerprint density at radius 3 is 2.50 bits per heavy atom. The Morgan fingerprint density at radius 2 is 1.87 bits per heavy atom. The summed E-state index contributed by atoms with van der Waals surface area (Å²) in [7, 11) is 1.62. The third-order valence-corrected chi connectivity index (χ3v) is 4.74. The van der Waals surface area contributed by atoms with Gasteiger partial charge in [0, 0.05) is 19.6 Å². The number of nitrogens with one attached hydrogen (secondary N) is 1. The van der Waals surface area contributed by atoms with Gasteiger partial charge in [0.25, 0.3) is 5.91 Å². The topological polar surface area (TPSA) is 76.8 Å². The van der Waals surface area contributed by atoms with E-state index in [1.54, 1.807) is 24.9 Å². The Morgan fingerprint density at radius 1 is 1.17 bits per heavy atom. The van der Waals surface area contributed by atoms with Gasteiger partial charge in [-0.3, -0.25) is 4.79 Å². The number of hydrogen-bond donors (Lipinski definition) is 2. The van der Waals surface area contributed by atoms with Crippen molar-refractivity contribution in [2.75, 3.05) is 50.4 Å². The Hall–Kier alpha value is -2.54. The van der Waals surface area contributed by atoms with Crippen LogP contribution in [-0.2, 0) is 6.54 Å². The van der Waals surface area contributed by atoms with E-state index < -0.39 is 0 Å². The molecule has 7 heteroatoms. The van der Waals surface area contributed by atoms with Gasteiger partial charge in [-0.1, -0.05) is 12.1 Å². The van der Waals surface area contributed by atoms with Gasteiger partial charge in [0.15, 0.2) is 11.5 Å². The molecule has 1 amide bonds. The minimum Gasteiger partial charge on any atom is -0.493 e. The number of hydrogen-bond acceptors (Lipinski definition) is 6. The normalized spacial score (nSPS) is 12.7. The third kappa shape index (κ3) is 6.23. The zero-order chi connectivity index (χ0) is 21.9. The summed E-state index contributed by atoms with van der Waals surface area (Å²) in [5.41, 5.74) is 9.13. The molecule has 0 saturated carbocycles. The maximum Gasteiger partial charge on any atom is 0.256 e. The summed E-state index contributed by atoms with van der Waals surface area (Å²) in [6.45, 7) is 4.69. The third-order valence-electron chi connectivity index (χ3n) is 4.74. The van der Waals surface area contributed by atoms with Crippen LogP contribution in [0.25, 0.3) is 0 Å². The first-order chi connectivity index (χ1) is 14.5. The number of carbonyl (C=O) groups excluding carboxylic acids is 1. The molecule has 2 aromatic carbocycles. The van der Waals surface area contributed by atoms with E-state index in [9.17, 15) is 4.79 Å². The van der Waals surface area contributed by atoms with Crippen molar-refractivity contribution in [2.24, 2.45) is 0 Å². The van der Waals surface area contributed by atoms with E-state index in [2.05, 4.69) is 5.32 Å². The Balaban J connectivity index is 0.00000101. The number of nitrogens with two attached hydrogens (primary N) is 1. The lowest BCUT2D eigenvalue weighted by Crippen LogP contribution is -2.28. The standard InChI is InChI=1S/C21H27N3O3.C2H6S/c1-3-27-19-13-15(9-10-18(19)26-2)14-23-17-8-6-7-16(20(17)22)21(25)24-11-4-5-12-24;1-3-2/h6-10,13,23H,3-5,11-12,14,22H2,1-2H3;1-2H3. The van der Waals surface area contributed by atoms with Gasteiger partial charge in [-0.15, -0.1) is 0 Å². The van der Waals surface area contributed by atoms with Crippen molar-refractivity contribution < 1.29 is 14.3 Å². The Bertz CT molecular complexity index is 823. The van der Waals surface area contributed by atoms with Crippen LogP contribution in [0.5, 0.6) is 11.5 Å². The molecule has 30 heavy (non-hydrogen) atoms. The zero-order valence-corrected chi connectivity index (χ0v) is 19.2. The Kier molecular flexibility index (Phi) is 9.67. The molecule has 1 heterocycles. The molecule has 3 N–H and O–H groups in total. The molecule has 1 aliphatic heterocycles. The monoisotopic (exact) mass is 431 g/mol. The number of ether oxygens (including phenoxy) is 2. The molecule has 2 aromatic rings. The number of rotatable bonds is 7. The largest absolute Gasteiger partial charge is 0.493 e. The van der Waals surface area contributed by atoms with Gasteiger partial charge >= 0.3 is 0 Å². The van der Waals surface area contributed by atoms with Gasteiger partial charge in [0.1, 0.15) is 0 Å². The molecular weight excluding hydrogens is 398 g/mol. The minimum atomic E-state index is 0.0109. The fourth-order valence-corrected chi connectivity index (χ4v) is 3.29. The summed E-state index contributed by atoms with van der Waals surface area (Å²) in [6.07, 6.45) is 6.20. The molecule has 1 saturated heterocycles. The number of nitrogen functional groups attached to an aromatic ring is 1. The van der Waals surface area contributed by atoms with Crippen molar-refractivity contribution in [2.45, 2.75) is 26.3 Å². The van der Waals surface area contributed by atoms with Crippen LogP contribution >= 0.6 is 11.8 Å². The van der Waals surface area contributed by atoms with Gasteiger partial charge in [-0.05, 0) is 62.1 Å².